The molecule has 3 rings (SSSR count). The third kappa shape index (κ3) is 4.61. The highest BCUT2D eigenvalue weighted by molar-refractivity contribution is 6.04. The minimum Gasteiger partial charge on any atom is -0.496 e. The summed E-state index contributed by atoms with van der Waals surface area (Å²) in [4.78, 5) is 22.6. The van der Waals surface area contributed by atoms with Crippen molar-refractivity contribution in [3.63, 3.8) is 0 Å². The van der Waals surface area contributed by atoms with Gasteiger partial charge in [0.1, 0.15) is 17.3 Å². The van der Waals surface area contributed by atoms with Crippen molar-refractivity contribution in [2.24, 2.45) is 0 Å². The summed E-state index contributed by atoms with van der Waals surface area (Å²) in [6.45, 7) is 0.687. The quantitative estimate of drug-likeness (QED) is 0.698. The molecule has 1 heterocycles. The van der Waals surface area contributed by atoms with Gasteiger partial charge in [0.15, 0.2) is 0 Å². The highest BCUT2D eigenvalue weighted by Crippen LogP contribution is 2.18. The smallest absolute Gasteiger partial charge is 0.278 e. The molecule has 0 radical (unpaired) electrons. The van der Waals surface area contributed by atoms with Crippen LogP contribution in [-0.4, -0.2) is 36.6 Å². The molecule has 0 spiro atoms. The first kappa shape index (κ1) is 18.4. The van der Waals surface area contributed by atoms with Crippen LogP contribution in [0.2, 0.25) is 0 Å². The number of hydrogen-bond donors (Lipinski definition) is 1. The SMILES string of the molecule is COc1ccccc1CCNc1cnc(C(=O)N(C)c2ccccc2)cn1. The second kappa shape index (κ2) is 8.80. The van der Waals surface area contributed by atoms with Crippen molar-refractivity contribution in [1.29, 1.82) is 0 Å². The zero-order chi connectivity index (χ0) is 19.1. The Balaban J connectivity index is 1.58. The number of methoxy groups -OCH3 is 1. The number of amides is 1. The summed E-state index contributed by atoms with van der Waals surface area (Å²) in [7, 11) is 3.39. The van der Waals surface area contributed by atoms with Gasteiger partial charge in [0.2, 0.25) is 0 Å². The van der Waals surface area contributed by atoms with E-state index >= 15 is 0 Å². The molecule has 0 aliphatic heterocycles. The van der Waals surface area contributed by atoms with E-state index in [0.29, 0.717) is 18.1 Å². The Labute approximate surface area is 158 Å². The van der Waals surface area contributed by atoms with E-state index in [-0.39, 0.29) is 5.91 Å². The van der Waals surface area contributed by atoms with Gasteiger partial charge in [-0.3, -0.25) is 4.79 Å². The standard InChI is InChI=1S/C21H22N4O2/c1-25(17-9-4-3-5-10-17)21(26)18-14-24-20(15-23-18)22-13-12-16-8-6-7-11-19(16)27-2/h3-11,14-15H,12-13H2,1-2H3,(H,22,24). The first-order valence-electron chi connectivity index (χ1n) is 8.70. The number of rotatable bonds is 7. The molecule has 0 aliphatic rings. The van der Waals surface area contributed by atoms with Crippen LogP contribution >= 0.6 is 0 Å². The predicted molar refractivity (Wildman–Crippen MR) is 106 cm³/mol. The Bertz CT molecular complexity index is 882. The van der Waals surface area contributed by atoms with Crippen molar-refractivity contribution in [3.8, 4) is 5.75 Å². The molecular formula is C21H22N4O2. The van der Waals surface area contributed by atoms with Gasteiger partial charge in [-0.05, 0) is 30.2 Å². The molecule has 2 aromatic carbocycles. The number of nitrogens with zero attached hydrogens (tertiary/aromatic N) is 3. The minimum absolute atomic E-state index is 0.200. The molecular weight excluding hydrogens is 340 g/mol. The molecule has 0 aliphatic carbocycles. The summed E-state index contributed by atoms with van der Waals surface area (Å²) in [5, 5.41) is 3.22. The van der Waals surface area contributed by atoms with Crippen LogP contribution in [0.1, 0.15) is 16.1 Å². The number of nitrogens with one attached hydrogen (secondary N) is 1. The molecule has 0 fully saturated rings. The van der Waals surface area contributed by atoms with Gasteiger partial charge in [-0.2, -0.15) is 0 Å². The van der Waals surface area contributed by atoms with Gasteiger partial charge in [0.05, 0.1) is 19.5 Å². The molecule has 0 saturated carbocycles. The van der Waals surface area contributed by atoms with Gasteiger partial charge in [0.25, 0.3) is 5.91 Å². The molecule has 1 N–H and O–H groups in total. The lowest BCUT2D eigenvalue weighted by molar-refractivity contribution is 0.0988. The maximum absolute atomic E-state index is 12.5. The van der Waals surface area contributed by atoms with Gasteiger partial charge in [-0.15, -0.1) is 0 Å². The lowest BCUT2D eigenvalue weighted by Crippen LogP contribution is -2.27. The molecule has 1 aromatic heterocycles. The molecule has 0 saturated heterocycles. The van der Waals surface area contributed by atoms with Crippen molar-refractivity contribution in [2.75, 3.05) is 30.9 Å². The van der Waals surface area contributed by atoms with E-state index in [4.69, 9.17) is 4.74 Å². The van der Waals surface area contributed by atoms with Crippen LogP contribution in [0.3, 0.4) is 0 Å². The molecule has 0 unspecified atom stereocenters. The van der Waals surface area contributed by atoms with Gasteiger partial charge in [-0.1, -0.05) is 36.4 Å². The highest BCUT2D eigenvalue weighted by Gasteiger charge is 2.15. The summed E-state index contributed by atoms with van der Waals surface area (Å²) in [6.07, 6.45) is 3.87. The van der Waals surface area contributed by atoms with Crippen LogP contribution < -0.4 is 15.0 Å². The Morgan fingerprint density at radius 1 is 1.04 bits per heavy atom. The number of benzene rings is 2. The molecule has 6 heteroatoms. The molecule has 0 bridgehead atoms. The van der Waals surface area contributed by atoms with Crippen molar-refractivity contribution in [1.82, 2.24) is 9.97 Å². The van der Waals surface area contributed by atoms with Gasteiger partial charge in [-0.25, -0.2) is 9.97 Å². The average Bonchev–Trinajstić information content (AvgIpc) is 2.74. The van der Waals surface area contributed by atoms with Crippen molar-refractivity contribution in [3.05, 3.63) is 78.2 Å². The average molecular weight is 362 g/mol. The molecule has 0 atom stereocenters. The van der Waals surface area contributed by atoms with Crippen LogP contribution in [-0.2, 0) is 6.42 Å². The summed E-state index contributed by atoms with van der Waals surface area (Å²) < 4.78 is 5.35. The normalized spacial score (nSPS) is 10.3. The second-order valence-electron chi connectivity index (χ2n) is 5.98. The molecule has 138 valence electrons. The van der Waals surface area contributed by atoms with Crippen LogP contribution in [0.25, 0.3) is 0 Å². The summed E-state index contributed by atoms with van der Waals surface area (Å²) in [6, 6.07) is 17.3. The molecule has 6 nitrogen and oxygen atoms in total. The van der Waals surface area contributed by atoms with E-state index in [2.05, 4.69) is 15.3 Å². The minimum atomic E-state index is -0.200. The van der Waals surface area contributed by atoms with E-state index in [1.54, 1.807) is 25.3 Å². The third-order valence-corrected chi connectivity index (χ3v) is 4.21. The largest absolute Gasteiger partial charge is 0.496 e. The molecule has 1 amide bonds. The van der Waals surface area contributed by atoms with Crippen molar-refractivity contribution in [2.45, 2.75) is 6.42 Å². The van der Waals surface area contributed by atoms with Crippen molar-refractivity contribution < 1.29 is 9.53 Å². The number of hydrogen-bond acceptors (Lipinski definition) is 5. The third-order valence-electron chi connectivity index (χ3n) is 4.21. The number of carbonyl (C=O) groups excluding carboxylic acids is 1. The Morgan fingerprint density at radius 3 is 2.48 bits per heavy atom. The Kier molecular flexibility index (Phi) is 5.99. The monoisotopic (exact) mass is 362 g/mol. The van der Waals surface area contributed by atoms with E-state index in [1.165, 1.54) is 6.20 Å². The molecule has 3 aromatic rings. The van der Waals surface area contributed by atoms with E-state index < -0.39 is 0 Å². The number of ether oxygens (including phenoxy) is 1. The zero-order valence-electron chi connectivity index (χ0n) is 15.4. The van der Waals surface area contributed by atoms with Gasteiger partial charge >= 0.3 is 0 Å². The number of para-hydroxylation sites is 2. The van der Waals surface area contributed by atoms with E-state index in [1.807, 2.05) is 54.6 Å². The van der Waals surface area contributed by atoms with Crippen LogP contribution in [0.4, 0.5) is 11.5 Å². The topological polar surface area (TPSA) is 67.3 Å². The van der Waals surface area contributed by atoms with Crippen LogP contribution in [0.5, 0.6) is 5.75 Å². The zero-order valence-corrected chi connectivity index (χ0v) is 15.4. The lowest BCUT2D eigenvalue weighted by Gasteiger charge is -2.16. The first-order chi connectivity index (χ1) is 13.2. The highest BCUT2D eigenvalue weighted by atomic mass is 16.5. The van der Waals surface area contributed by atoms with E-state index in [9.17, 15) is 4.79 Å². The summed E-state index contributed by atoms with van der Waals surface area (Å²) >= 11 is 0. The number of carbonyl (C=O) groups is 1. The van der Waals surface area contributed by atoms with Crippen LogP contribution in [0.15, 0.2) is 67.0 Å². The summed E-state index contributed by atoms with van der Waals surface area (Å²) in [5.74, 6) is 1.30. The number of aromatic nitrogens is 2. The second-order valence-corrected chi connectivity index (χ2v) is 5.98. The molecule has 27 heavy (non-hydrogen) atoms. The van der Waals surface area contributed by atoms with Gasteiger partial charge in [0, 0.05) is 19.3 Å². The maximum atomic E-state index is 12.5. The fraction of sp³-hybridized carbons (Fsp3) is 0.190. The van der Waals surface area contributed by atoms with Crippen molar-refractivity contribution >= 4 is 17.4 Å². The lowest BCUT2D eigenvalue weighted by atomic mass is 10.1. The van der Waals surface area contributed by atoms with Gasteiger partial charge < -0.3 is 15.0 Å². The predicted octanol–water partition coefficient (Wildman–Crippen LogP) is 3.42. The fourth-order valence-electron chi connectivity index (χ4n) is 2.71. The fourth-order valence-corrected chi connectivity index (χ4v) is 2.71. The van der Waals surface area contributed by atoms with E-state index in [0.717, 1.165) is 23.4 Å². The first-order valence-corrected chi connectivity index (χ1v) is 8.70. The van der Waals surface area contributed by atoms with Crippen LogP contribution in [0, 0.1) is 0 Å². The Hall–Kier alpha value is -3.41. The number of anilines is 2. The Morgan fingerprint density at radius 2 is 1.78 bits per heavy atom. The maximum Gasteiger partial charge on any atom is 0.278 e. The summed E-state index contributed by atoms with van der Waals surface area (Å²) in [5.41, 5.74) is 2.23.